The van der Waals surface area contributed by atoms with Crippen LogP contribution in [-0.2, 0) is 4.79 Å². The molecule has 0 spiro atoms. The standard InChI is InChI=1S/C11H24N2O/c1-6-9(4)13(5)11(14)7-10(12)8(2)3/h8-10H,6-7,12H2,1-5H3. The Hall–Kier alpha value is -0.570. The molecule has 0 aliphatic rings. The Kier molecular flexibility index (Phi) is 5.77. The van der Waals surface area contributed by atoms with Crippen molar-refractivity contribution in [1.82, 2.24) is 4.90 Å². The number of rotatable bonds is 5. The molecule has 3 nitrogen and oxygen atoms in total. The number of nitrogens with two attached hydrogens (primary N) is 1. The molecule has 0 saturated carbocycles. The van der Waals surface area contributed by atoms with Gasteiger partial charge in [0.25, 0.3) is 0 Å². The van der Waals surface area contributed by atoms with Gasteiger partial charge in [-0.15, -0.1) is 0 Å². The minimum absolute atomic E-state index is 0.0194. The molecule has 0 bridgehead atoms. The summed E-state index contributed by atoms with van der Waals surface area (Å²) in [6.07, 6.45) is 1.44. The maximum Gasteiger partial charge on any atom is 0.224 e. The average molecular weight is 200 g/mol. The Morgan fingerprint density at radius 1 is 1.36 bits per heavy atom. The first kappa shape index (κ1) is 13.4. The SMILES string of the molecule is CCC(C)N(C)C(=O)CC(N)C(C)C. The molecule has 2 atom stereocenters. The molecule has 1 amide bonds. The fraction of sp³-hybridized carbons (Fsp3) is 0.909. The summed E-state index contributed by atoms with van der Waals surface area (Å²) in [6, 6.07) is 0.288. The number of carbonyl (C=O) groups excluding carboxylic acids is 1. The number of amides is 1. The van der Waals surface area contributed by atoms with E-state index in [9.17, 15) is 4.79 Å². The maximum atomic E-state index is 11.7. The quantitative estimate of drug-likeness (QED) is 0.733. The van der Waals surface area contributed by atoms with Gasteiger partial charge in [0, 0.05) is 25.6 Å². The van der Waals surface area contributed by atoms with E-state index in [0.29, 0.717) is 18.4 Å². The fourth-order valence-corrected chi connectivity index (χ4v) is 1.10. The molecule has 0 aromatic carbocycles. The first-order chi connectivity index (χ1) is 6.40. The predicted molar refractivity (Wildman–Crippen MR) is 60.0 cm³/mol. The Bertz CT molecular complexity index is 180. The van der Waals surface area contributed by atoms with E-state index in [1.807, 2.05) is 20.9 Å². The van der Waals surface area contributed by atoms with Crippen LogP contribution in [0.3, 0.4) is 0 Å². The van der Waals surface area contributed by atoms with Crippen LogP contribution in [0.4, 0.5) is 0 Å². The Morgan fingerprint density at radius 2 is 1.86 bits per heavy atom. The molecule has 0 rings (SSSR count). The molecule has 14 heavy (non-hydrogen) atoms. The highest BCUT2D eigenvalue weighted by Crippen LogP contribution is 2.08. The number of carbonyl (C=O) groups is 1. The molecule has 0 aliphatic carbocycles. The zero-order valence-electron chi connectivity index (χ0n) is 10.1. The van der Waals surface area contributed by atoms with Gasteiger partial charge in [-0.1, -0.05) is 20.8 Å². The lowest BCUT2D eigenvalue weighted by Crippen LogP contribution is -2.39. The third kappa shape index (κ3) is 4.09. The van der Waals surface area contributed by atoms with Crippen molar-refractivity contribution in [3.8, 4) is 0 Å². The fourth-order valence-electron chi connectivity index (χ4n) is 1.10. The molecule has 0 heterocycles. The van der Waals surface area contributed by atoms with Gasteiger partial charge in [-0.2, -0.15) is 0 Å². The normalized spacial score (nSPS) is 15.4. The predicted octanol–water partition coefficient (Wildman–Crippen LogP) is 1.62. The van der Waals surface area contributed by atoms with Crippen LogP contribution in [0.2, 0.25) is 0 Å². The summed E-state index contributed by atoms with van der Waals surface area (Å²) >= 11 is 0. The van der Waals surface area contributed by atoms with E-state index in [1.165, 1.54) is 0 Å². The van der Waals surface area contributed by atoms with Crippen LogP contribution in [0, 0.1) is 5.92 Å². The lowest BCUT2D eigenvalue weighted by molar-refractivity contribution is -0.132. The van der Waals surface area contributed by atoms with Crippen LogP contribution in [0.25, 0.3) is 0 Å². The lowest BCUT2D eigenvalue weighted by atomic mass is 10.0. The van der Waals surface area contributed by atoms with Crippen molar-refractivity contribution in [1.29, 1.82) is 0 Å². The highest BCUT2D eigenvalue weighted by atomic mass is 16.2. The Balaban J connectivity index is 4.07. The van der Waals surface area contributed by atoms with Crippen molar-refractivity contribution in [3.63, 3.8) is 0 Å². The molecule has 0 saturated heterocycles. The second kappa shape index (κ2) is 6.02. The third-order valence-corrected chi connectivity index (χ3v) is 2.91. The second-order valence-corrected chi connectivity index (χ2v) is 4.37. The summed E-state index contributed by atoms with van der Waals surface area (Å²) in [4.78, 5) is 13.5. The summed E-state index contributed by atoms with van der Waals surface area (Å²) < 4.78 is 0. The van der Waals surface area contributed by atoms with E-state index >= 15 is 0 Å². The molecule has 0 aromatic rings. The summed E-state index contributed by atoms with van der Waals surface area (Å²) in [5.74, 6) is 0.518. The van der Waals surface area contributed by atoms with Gasteiger partial charge >= 0.3 is 0 Å². The van der Waals surface area contributed by atoms with Crippen LogP contribution < -0.4 is 5.73 Å². The highest BCUT2D eigenvalue weighted by molar-refractivity contribution is 5.76. The highest BCUT2D eigenvalue weighted by Gasteiger charge is 2.18. The zero-order chi connectivity index (χ0) is 11.3. The minimum atomic E-state index is -0.0194. The van der Waals surface area contributed by atoms with Gasteiger partial charge in [0.2, 0.25) is 5.91 Å². The van der Waals surface area contributed by atoms with E-state index in [-0.39, 0.29) is 11.9 Å². The summed E-state index contributed by atoms with van der Waals surface area (Å²) in [6.45, 7) is 8.22. The van der Waals surface area contributed by atoms with Crippen molar-refractivity contribution in [3.05, 3.63) is 0 Å². The largest absolute Gasteiger partial charge is 0.343 e. The molecule has 0 aromatic heterocycles. The molecule has 2 unspecified atom stereocenters. The maximum absolute atomic E-state index is 11.7. The summed E-state index contributed by atoms with van der Waals surface area (Å²) in [5.41, 5.74) is 5.85. The Labute approximate surface area is 87.6 Å². The number of hydrogen-bond acceptors (Lipinski definition) is 2. The lowest BCUT2D eigenvalue weighted by Gasteiger charge is -2.26. The van der Waals surface area contributed by atoms with E-state index in [2.05, 4.69) is 13.8 Å². The van der Waals surface area contributed by atoms with Crippen LogP contribution in [0.5, 0.6) is 0 Å². The second-order valence-electron chi connectivity index (χ2n) is 4.37. The summed E-state index contributed by atoms with van der Waals surface area (Å²) in [5, 5.41) is 0. The first-order valence-corrected chi connectivity index (χ1v) is 5.41. The molecule has 2 N–H and O–H groups in total. The van der Waals surface area contributed by atoms with E-state index < -0.39 is 0 Å². The van der Waals surface area contributed by atoms with Gasteiger partial charge in [0.05, 0.1) is 0 Å². The molecule has 0 aliphatic heterocycles. The van der Waals surface area contributed by atoms with Gasteiger partial charge in [0.1, 0.15) is 0 Å². The molecule has 84 valence electrons. The number of nitrogens with zero attached hydrogens (tertiary/aromatic N) is 1. The molecule has 0 radical (unpaired) electrons. The third-order valence-electron chi connectivity index (χ3n) is 2.91. The van der Waals surface area contributed by atoms with Crippen molar-refractivity contribution in [2.45, 2.75) is 52.6 Å². The van der Waals surface area contributed by atoms with Crippen molar-refractivity contribution in [2.24, 2.45) is 11.7 Å². The van der Waals surface area contributed by atoms with Gasteiger partial charge in [-0.3, -0.25) is 4.79 Å². The van der Waals surface area contributed by atoms with E-state index in [4.69, 9.17) is 5.73 Å². The number of hydrogen-bond donors (Lipinski definition) is 1. The minimum Gasteiger partial charge on any atom is -0.343 e. The van der Waals surface area contributed by atoms with Gasteiger partial charge in [-0.25, -0.2) is 0 Å². The van der Waals surface area contributed by atoms with E-state index in [0.717, 1.165) is 6.42 Å². The van der Waals surface area contributed by atoms with Crippen LogP contribution >= 0.6 is 0 Å². The van der Waals surface area contributed by atoms with E-state index in [1.54, 1.807) is 4.90 Å². The molecule has 3 heteroatoms. The smallest absolute Gasteiger partial charge is 0.224 e. The first-order valence-electron chi connectivity index (χ1n) is 5.41. The zero-order valence-corrected chi connectivity index (χ0v) is 10.1. The van der Waals surface area contributed by atoms with Crippen LogP contribution in [-0.4, -0.2) is 29.9 Å². The molecular weight excluding hydrogens is 176 g/mol. The summed E-state index contributed by atoms with van der Waals surface area (Å²) in [7, 11) is 1.85. The average Bonchev–Trinajstić information content (AvgIpc) is 2.14. The van der Waals surface area contributed by atoms with Gasteiger partial charge in [0.15, 0.2) is 0 Å². The van der Waals surface area contributed by atoms with Crippen LogP contribution in [0.15, 0.2) is 0 Å². The van der Waals surface area contributed by atoms with Crippen molar-refractivity contribution in [2.75, 3.05) is 7.05 Å². The van der Waals surface area contributed by atoms with Crippen molar-refractivity contribution < 1.29 is 4.79 Å². The molecule has 0 fully saturated rings. The topological polar surface area (TPSA) is 46.3 Å². The monoisotopic (exact) mass is 200 g/mol. The van der Waals surface area contributed by atoms with Crippen molar-refractivity contribution >= 4 is 5.91 Å². The van der Waals surface area contributed by atoms with Gasteiger partial charge < -0.3 is 10.6 Å². The Morgan fingerprint density at radius 3 is 2.21 bits per heavy atom. The molecular formula is C11H24N2O. The van der Waals surface area contributed by atoms with Crippen LogP contribution in [0.1, 0.15) is 40.5 Å². The van der Waals surface area contributed by atoms with Gasteiger partial charge in [-0.05, 0) is 19.3 Å².